The van der Waals surface area contributed by atoms with Crippen LogP contribution in [0.25, 0.3) is 0 Å². The first-order chi connectivity index (χ1) is 17.9. The fourth-order valence-electron chi connectivity index (χ4n) is 6.30. The number of rotatable bonds is 14. The molecule has 3 unspecified atom stereocenters. The van der Waals surface area contributed by atoms with Crippen molar-refractivity contribution in [1.29, 1.82) is 0 Å². The molecule has 2 bridgehead atoms. The molecule has 6 atom stereocenters. The third-order valence-corrected chi connectivity index (χ3v) is 11.3. The van der Waals surface area contributed by atoms with Crippen LogP contribution in [-0.4, -0.2) is 68.3 Å². The molecule has 204 valence electrons. The van der Waals surface area contributed by atoms with E-state index in [0.717, 1.165) is 50.5 Å². The SMILES string of the molecule is CCCCCNC(=O)C1N(CCCCCCO)C(=O)[C@@H]2[C@@H](C(=O)NCc3ccccc3)[C@@H]3SC12CC3Br. The Morgan fingerprint density at radius 2 is 1.84 bits per heavy atom. The Morgan fingerprint density at radius 3 is 2.57 bits per heavy atom. The molecular formula is C28H40BrN3O4S. The highest BCUT2D eigenvalue weighted by atomic mass is 79.9. The molecule has 3 heterocycles. The number of likely N-dealkylation sites (tertiary alicyclic amines) is 1. The van der Waals surface area contributed by atoms with Crippen molar-refractivity contribution in [2.45, 2.75) is 85.7 Å². The molecule has 1 spiro atoms. The van der Waals surface area contributed by atoms with Gasteiger partial charge < -0.3 is 20.6 Å². The van der Waals surface area contributed by atoms with E-state index in [4.69, 9.17) is 5.11 Å². The molecule has 37 heavy (non-hydrogen) atoms. The van der Waals surface area contributed by atoms with Crippen molar-refractivity contribution in [3.8, 4) is 0 Å². The number of thioether (sulfide) groups is 1. The van der Waals surface area contributed by atoms with Gasteiger partial charge >= 0.3 is 0 Å². The molecule has 4 rings (SSSR count). The first-order valence-electron chi connectivity index (χ1n) is 13.8. The average molecular weight is 595 g/mol. The van der Waals surface area contributed by atoms with E-state index < -0.39 is 22.6 Å². The van der Waals surface area contributed by atoms with Crippen LogP contribution in [-0.2, 0) is 20.9 Å². The van der Waals surface area contributed by atoms with Gasteiger partial charge in [-0.25, -0.2) is 0 Å². The van der Waals surface area contributed by atoms with E-state index in [1.807, 2.05) is 30.3 Å². The first-order valence-corrected chi connectivity index (χ1v) is 15.6. The van der Waals surface area contributed by atoms with E-state index in [2.05, 4.69) is 33.5 Å². The monoisotopic (exact) mass is 593 g/mol. The highest BCUT2D eigenvalue weighted by molar-refractivity contribution is 9.09. The molecule has 0 aliphatic carbocycles. The minimum atomic E-state index is -0.593. The number of nitrogens with zero attached hydrogens (tertiary/aromatic N) is 1. The quantitative estimate of drug-likeness (QED) is 0.226. The van der Waals surface area contributed by atoms with Gasteiger partial charge in [0.05, 0.1) is 16.6 Å². The van der Waals surface area contributed by atoms with Gasteiger partial charge in [0.1, 0.15) is 6.04 Å². The fraction of sp³-hybridized carbons (Fsp3) is 0.679. The van der Waals surface area contributed by atoms with Crippen LogP contribution in [0.3, 0.4) is 0 Å². The van der Waals surface area contributed by atoms with Gasteiger partial charge in [-0.1, -0.05) is 78.9 Å². The second-order valence-electron chi connectivity index (χ2n) is 10.5. The van der Waals surface area contributed by atoms with Crippen molar-refractivity contribution in [2.24, 2.45) is 11.8 Å². The van der Waals surface area contributed by atoms with Gasteiger partial charge in [0.15, 0.2) is 0 Å². The number of alkyl halides is 1. The number of benzene rings is 1. The highest BCUT2D eigenvalue weighted by Crippen LogP contribution is 2.67. The largest absolute Gasteiger partial charge is 0.396 e. The fourth-order valence-corrected chi connectivity index (χ4v) is 9.92. The van der Waals surface area contributed by atoms with Crippen molar-refractivity contribution in [3.05, 3.63) is 35.9 Å². The van der Waals surface area contributed by atoms with Crippen molar-refractivity contribution in [2.75, 3.05) is 19.7 Å². The second kappa shape index (κ2) is 13.0. The number of hydrogen-bond acceptors (Lipinski definition) is 5. The summed E-state index contributed by atoms with van der Waals surface area (Å²) in [5, 5.41) is 15.3. The second-order valence-corrected chi connectivity index (χ2v) is 13.3. The van der Waals surface area contributed by atoms with Crippen LogP contribution in [0.15, 0.2) is 30.3 Å². The van der Waals surface area contributed by atoms with Crippen molar-refractivity contribution < 1.29 is 19.5 Å². The molecular weight excluding hydrogens is 554 g/mol. The maximum atomic E-state index is 14.0. The Labute approximate surface area is 233 Å². The first kappa shape index (κ1) is 28.4. The van der Waals surface area contributed by atoms with Crippen LogP contribution in [0.5, 0.6) is 0 Å². The molecule has 9 heteroatoms. The summed E-state index contributed by atoms with van der Waals surface area (Å²) in [5.74, 6) is -1.19. The van der Waals surface area contributed by atoms with Gasteiger partial charge in [-0.05, 0) is 31.2 Å². The number of aliphatic hydroxyl groups excluding tert-OH is 1. The highest BCUT2D eigenvalue weighted by Gasteiger charge is 2.75. The molecule has 3 fully saturated rings. The summed E-state index contributed by atoms with van der Waals surface area (Å²) in [4.78, 5) is 43.0. The van der Waals surface area contributed by atoms with Gasteiger partial charge in [-0.15, -0.1) is 11.8 Å². The van der Waals surface area contributed by atoms with E-state index in [1.165, 1.54) is 0 Å². The lowest BCUT2D eigenvalue weighted by atomic mass is 9.70. The van der Waals surface area contributed by atoms with E-state index in [0.29, 0.717) is 26.1 Å². The molecule has 0 radical (unpaired) electrons. The van der Waals surface area contributed by atoms with Gasteiger partial charge in [-0.3, -0.25) is 14.4 Å². The summed E-state index contributed by atoms with van der Waals surface area (Å²) < 4.78 is -0.593. The number of aliphatic hydroxyl groups is 1. The molecule has 3 N–H and O–H groups in total. The summed E-state index contributed by atoms with van der Waals surface area (Å²) in [6.45, 7) is 3.83. The third kappa shape index (κ3) is 5.88. The van der Waals surface area contributed by atoms with Crippen molar-refractivity contribution in [3.63, 3.8) is 0 Å². The molecule has 3 amide bonds. The van der Waals surface area contributed by atoms with E-state index >= 15 is 0 Å². The minimum Gasteiger partial charge on any atom is -0.396 e. The Morgan fingerprint density at radius 1 is 1.08 bits per heavy atom. The number of halogens is 1. The molecule has 0 aromatic heterocycles. The lowest BCUT2D eigenvalue weighted by molar-refractivity contribution is -0.140. The summed E-state index contributed by atoms with van der Waals surface area (Å²) in [6.07, 6.45) is 7.06. The zero-order chi connectivity index (χ0) is 26.4. The lowest BCUT2D eigenvalue weighted by Crippen LogP contribution is -2.54. The van der Waals surface area contributed by atoms with Crippen LogP contribution in [0.4, 0.5) is 0 Å². The summed E-state index contributed by atoms with van der Waals surface area (Å²) in [7, 11) is 0. The van der Waals surface area contributed by atoms with Crippen LogP contribution in [0.1, 0.15) is 63.9 Å². The summed E-state index contributed by atoms with van der Waals surface area (Å²) in [5.41, 5.74) is 1.02. The van der Waals surface area contributed by atoms with Crippen LogP contribution >= 0.6 is 27.7 Å². The zero-order valence-corrected chi connectivity index (χ0v) is 24.1. The average Bonchev–Trinajstić information content (AvgIpc) is 3.49. The smallest absolute Gasteiger partial charge is 0.244 e. The molecule has 3 saturated heterocycles. The van der Waals surface area contributed by atoms with Gasteiger partial charge in [0.25, 0.3) is 0 Å². The maximum absolute atomic E-state index is 14.0. The number of fused-ring (bicyclic) bond motifs is 1. The summed E-state index contributed by atoms with van der Waals surface area (Å²) >= 11 is 5.50. The van der Waals surface area contributed by atoms with Crippen molar-refractivity contribution in [1.82, 2.24) is 15.5 Å². The zero-order valence-electron chi connectivity index (χ0n) is 21.7. The Balaban J connectivity index is 1.54. The van der Waals surface area contributed by atoms with Crippen LogP contribution in [0.2, 0.25) is 0 Å². The maximum Gasteiger partial charge on any atom is 0.244 e. The number of hydrogen-bond donors (Lipinski definition) is 3. The van der Waals surface area contributed by atoms with Gasteiger partial charge in [-0.2, -0.15) is 0 Å². The van der Waals surface area contributed by atoms with E-state index in [1.54, 1.807) is 16.7 Å². The van der Waals surface area contributed by atoms with Crippen LogP contribution < -0.4 is 10.6 Å². The number of nitrogens with one attached hydrogen (secondary N) is 2. The molecule has 3 aliphatic heterocycles. The van der Waals surface area contributed by atoms with Gasteiger partial charge in [0, 0.05) is 36.3 Å². The lowest BCUT2D eigenvalue weighted by Gasteiger charge is -2.35. The standard InChI is InChI=1S/C28H40BrN3O4S/c1-2-3-9-14-30-26(35)24-28-17-20(29)23(37-28)21(25(34)31-18-19-12-7-6-8-13-19)22(28)27(36)32(24)15-10-4-5-11-16-33/h6-8,12-13,20-24,33H,2-5,9-11,14-18H2,1H3,(H,30,35)(H,31,34)/t20?,21-,22+,23-,24?,28?/m1/s1. The van der Waals surface area contributed by atoms with E-state index in [9.17, 15) is 14.4 Å². The van der Waals surface area contributed by atoms with Gasteiger partial charge in [0.2, 0.25) is 17.7 Å². The molecule has 0 saturated carbocycles. The third-order valence-electron chi connectivity index (χ3n) is 8.04. The topological polar surface area (TPSA) is 98.7 Å². The Kier molecular flexibility index (Phi) is 9.97. The van der Waals surface area contributed by atoms with Crippen molar-refractivity contribution >= 4 is 45.4 Å². The molecule has 7 nitrogen and oxygen atoms in total. The normalized spacial score (nSPS) is 30.0. The molecule has 1 aromatic carbocycles. The Hall–Kier alpha value is -1.58. The minimum absolute atomic E-state index is 0.0354. The van der Waals surface area contributed by atoms with E-state index in [-0.39, 0.29) is 34.4 Å². The number of carbonyl (C=O) groups excluding carboxylic acids is 3. The number of unbranched alkanes of at least 4 members (excludes halogenated alkanes) is 5. The molecule has 1 aromatic rings. The molecule has 3 aliphatic rings. The number of carbonyl (C=O) groups is 3. The summed E-state index contributed by atoms with van der Waals surface area (Å²) in [6, 6.07) is 9.22. The predicted molar refractivity (Wildman–Crippen MR) is 150 cm³/mol. The number of amides is 3. The Bertz CT molecular complexity index is 951. The predicted octanol–water partition coefficient (Wildman–Crippen LogP) is 3.63. The van der Waals surface area contributed by atoms with Crippen LogP contribution in [0, 0.1) is 11.8 Å².